The van der Waals surface area contributed by atoms with Gasteiger partial charge in [0.2, 0.25) is 0 Å². The van der Waals surface area contributed by atoms with Crippen molar-refractivity contribution in [1.82, 2.24) is 4.90 Å². The Bertz CT molecular complexity index is 535. The number of benzene rings is 2. The van der Waals surface area contributed by atoms with Crippen LogP contribution in [-0.4, -0.2) is 19.0 Å². The summed E-state index contributed by atoms with van der Waals surface area (Å²) >= 11 is 3.64. The van der Waals surface area contributed by atoms with Crippen molar-refractivity contribution in [3.05, 3.63) is 69.7 Å². The molecular formula is C16H19BrN2. The van der Waals surface area contributed by atoms with Crippen LogP contribution < -0.4 is 5.73 Å². The Kier molecular flexibility index (Phi) is 4.75. The van der Waals surface area contributed by atoms with Crippen LogP contribution in [0.5, 0.6) is 0 Å². The first kappa shape index (κ1) is 14.3. The number of halogens is 1. The Morgan fingerprint density at radius 2 is 1.68 bits per heavy atom. The number of hydrogen-bond donors (Lipinski definition) is 1. The third-order valence-electron chi connectivity index (χ3n) is 3.25. The molecule has 1 unspecified atom stereocenters. The summed E-state index contributed by atoms with van der Waals surface area (Å²) in [5.74, 6) is 0. The van der Waals surface area contributed by atoms with Gasteiger partial charge >= 0.3 is 0 Å². The van der Waals surface area contributed by atoms with Gasteiger partial charge in [0, 0.05) is 11.0 Å². The third-order valence-corrected chi connectivity index (χ3v) is 3.97. The van der Waals surface area contributed by atoms with Crippen LogP contribution in [0, 0.1) is 0 Å². The fourth-order valence-corrected chi connectivity index (χ4v) is 2.79. The van der Waals surface area contributed by atoms with Gasteiger partial charge in [-0.15, -0.1) is 0 Å². The summed E-state index contributed by atoms with van der Waals surface area (Å²) in [6.07, 6.45) is 0. The Morgan fingerprint density at radius 1 is 1.05 bits per heavy atom. The zero-order valence-electron chi connectivity index (χ0n) is 11.3. The van der Waals surface area contributed by atoms with E-state index in [0.29, 0.717) is 6.54 Å². The predicted octanol–water partition coefficient (Wildman–Crippen LogP) is 3.56. The molecule has 19 heavy (non-hydrogen) atoms. The van der Waals surface area contributed by atoms with Crippen molar-refractivity contribution >= 4 is 15.9 Å². The fraction of sp³-hybridized carbons (Fsp3) is 0.250. The smallest absolute Gasteiger partial charge is 0.0607 e. The van der Waals surface area contributed by atoms with Crippen LogP contribution >= 0.6 is 15.9 Å². The van der Waals surface area contributed by atoms with Gasteiger partial charge in [-0.2, -0.15) is 0 Å². The molecular weight excluding hydrogens is 300 g/mol. The molecule has 0 spiro atoms. The Balaban J connectivity index is 2.43. The van der Waals surface area contributed by atoms with Crippen LogP contribution in [0.2, 0.25) is 0 Å². The van der Waals surface area contributed by atoms with E-state index in [2.05, 4.69) is 77.4 Å². The molecule has 0 radical (unpaired) electrons. The second kappa shape index (κ2) is 6.33. The summed E-state index contributed by atoms with van der Waals surface area (Å²) in [5.41, 5.74) is 9.36. The third kappa shape index (κ3) is 3.24. The molecule has 0 aliphatic rings. The number of nitrogens with two attached hydrogens (primary N) is 1. The minimum absolute atomic E-state index is 0.238. The molecule has 2 N–H and O–H groups in total. The summed E-state index contributed by atoms with van der Waals surface area (Å²) in [6, 6.07) is 17.1. The lowest BCUT2D eigenvalue weighted by molar-refractivity contribution is 0.341. The second-order valence-electron chi connectivity index (χ2n) is 4.83. The largest absolute Gasteiger partial charge is 0.326 e. The van der Waals surface area contributed by atoms with E-state index in [1.807, 2.05) is 6.07 Å². The van der Waals surface area contributed by atoms with Crippen molar-refractivity contribution in [1.29, 1.82) is 0 Å². The van der Waals surface area contributed by atoms with Crippen molar-refractivity contribution in [3.63, 3.8) is 0 Å². The molecule has 0 fully saturated rings. The molecule has 0 saturated heterocycles. The van der Waals surface area contributed by atoms with E-state index in [1.165, 1.54) is 11.1 Å². The molecule has 0 amide bonds. The average molecular weight is 319 g/mol. The summed E-state index contributed by atoms with van der Waals surface area (Å²) < 4.78 is 1.14. The molecule has 0 saturated carbocycles. The minimum Gasteiger partial charge on any atom is -0.326 e. The topological polar surface area (TPSA) is 29.3 Å². The first-order valence-electron chi connectivity index (χ1n) is 6.33. The summed E-state index contributed by atoms with van der Waals surface area (Å²) in [7, 11) is 4.20. The summed E-state index contributed by atoms with van der Waals surface area (Å²) in [5, 5.41) is 0. The van der Waals surface area contributed by atoms with E-state index in [0.717, 1.165) is 10.0 Å². The van der Waals surface area contributed by atoms with Gasteiger partial charge in [0.15, 0.2) is 0 Å². The number of hydrogen-bond acceptors (Lipinski definition) is 2. The Labute approximate surface area is 123 Å². The van der Waals surface area contributed by atoms with Crippen molar-refractivity contribution in [2.24, 2.45) is 5.73 Å². The monoisotopic (exact) mass is 318 g/mol. The Morgan fingerprint density at radius 3 is 2.21 bits per heavy atom. The molecule has 3 heteroatoms. The van der Waals surface area contributed by atoms with Crippen molar-refractivity contribution in [2.45, 2.75) is 12.6 Å². The standard InChI is InChI=1S/C16H19BrN2/c1-19(2)16(14-5-3-4-6-15(14)17)13-9-7-12(11-18)8-10-13/h3-10,16H,11,18H2,1-2H3. The molecule has 0 heterocycles. The van der Waals surface area contributed by atoms with Gasteiger partial charge in [-0.05, 0) is 36.9 Å². The van der Waals surface area contributed by atoms with Crippen molar-refractivity contribution in [3.8, 4) is 0 Å². The van der Waals surface area contributed by atoms with Crippen LogP contribution in [0.3, 0.4) is 0 Å². The van der Waals surface area contributed by atoms with Crippen LogP contribution in [0.1, 0.15) is 22.7 Å². The van der Waals surface area contributed by atoms with Crippen LogP contribution in [0.4, 0.5) is 0 Å². The van der Waals surface area contributed by atoms with Gasteiger partial charge in [-0.3, -0.25) is 4.90 Å². The van der Waals surface area contributed by atoms with Gasteiger partial charge in [-0.1, -0.05) is 58.4 Å². The van der Waals surface area contributed by atoms with Crippen LogP contribution in [-0.2, 0) is 6.54 Å². The molecule has 2 aromatic carbocycles. The van der Waals surface area contributed by atoms with Crippen molar-refractivity contribution in [2.75, 3.05) is 14.1 Å². The first-order chi connectivity index (χ1) is 9.13. The minimum atomic E-state index is 0.238. The zero-order valence-corrected chi connectivity index (χ0v) is 12.9. The highest BCUT2D eigenvalue weighted by Crippen LogP contribution is 2.31. The normalized spacial score (nSPS) is 12.7. The van der Waals surface area contributed by atoms with E-state index < -0.39 is 0 Å². The number of rotatable bonds is 4. The molecule has 2 nitrogen and oxygen atoms in total. The lowest BCUT2D eigenvalue weighted by Gasteiger charge is -2.26. The van der Waals surface area contributed by atoms with Gasteiger partial charge < -0.3 is 5.73 Å². The first-order valence-corrected chi connectivity index (χ1v) is 7.12. The zero-order chi connectivity index (χ0) is 13.8. The summed E-state index contributed by atoms with van der Waals surface area (Å²) in [4.78, 5) is 2.22. The summed E-state index contributed by atoms with van der Waals surface area (Å²) in [6.45, 7) is 0.585. The van der Waals surface area contributed by atoms with E-state index >= 15 is 0 Å². The van der Waals surface area contributed by atoms with Crippen molar-refractivity contribution < 1.29 is 0 Å². The molecule has 0 aliphatic carbocycles. The average Bonchev–Trinajstić information content (AvgIpc) is 2.42. The second-order valence-corrected chi connectivity index (χ2v) is 5.69. The van der Waals surface area contributed by atoms with Gasteiger partial charge in [0.1, 0.15) is 0 Å². The molecule has 0 aliphatic heterocycles. The lowest BCUT2D eigenvalue weighted by Crippen LogP contribution is -2.21. The molecule has 0 aromatic heterocycles. The lowest BCUT2D eigenvalue weighted by atomic mass is 9.97. The molecule has 0 bridgehead atoms. The highest BCUT2D eigenvalue weighted by atomic mass is 79.9. The molecule has 1 atom stereocenters. The SMILES string of the molecule is CN(C)C(c1ccc(CN)cc1)c1ccccc1Br. The van der Waals surface area contributed by atoms with E-state index in [1.54, 1.807) is 0 Å². The predicted molar refractivity (Wildman–Crippen MR) is 84.0 cm³/mol. The van der Waals surface area contributed by atoms with E-state index in [4.69, 9.17) is 5.73 Å². The maximum absolute atomic E-state index is 5.65. The van der Waals surface area contributed by atoms with Gasteiger partial charge in [0.25, 0.3) is 0 Å². The molecule has 2 aromatic rings. The van der Waals surface area contributed by atoms with Crippen LogP contribution in [0.25, 0.3) is 0 Å². The molecule has 100 valence electrons. The highest BCUT2D eigenvalue weighted by molar-refractivity contribution is 9.10. The Hall–Kier alpha value is -1.16. The fourth-order valence-electron chi connectivity index (χ4n) is 2.29. The molecule has 2 rings (SSSR count). The maximum atomic E-state index is 5.65. The van der Waals surface area contributed by atoms with Gasteiger partial charge in [0.05, 0.1) is 6.04 Å². The highest BCUT2D eigenvalue weighted by Gasteiger charge is 2.18. The number of nitrogens with zero attached hydrogens (tertiary/aromatic N) is 1. The maximum Gasteiger partial charge on any atom is 0.0607 e. The van der Waals surface area contributed by atoms with Gasteiger partial charge in [-0.25, -0.2) is 0 Å². The van der Waals surface area contributed by atoms with E-state index in [9.17, 15) is 0 Å². The van der Waals surface area contributed by atoms with Crippen LogP contribution in [0.15, 0.2) is 53.0 Å². The van der Waals surface area contributed by atoms with E-state index in [-0.39, 0.29) is 6.04 Å². The quantitative estimate of drug-likeness (QED) is 0.934.